The average Bonchev–Trinajstić information content (AvgIpc) is 2.56. The van der Waals surface area contributed by atoms with Crippen LogP contribution in [0.3, 0.4) is 0 Å². The largest absolute Gasteiger partial charge is 0.481 e. The number of halogens is 1. The summed E-state index contributed by atoms with van der Waals surface area (Å²) in [6.45, 7) is 0. The predicted molar refractivity (Wildman–Crippen MR) is 54.9 cm³/mol. The molecule has 0 aromatic carbocycles. The van der Waals surface area contributed by atoms with E-state index in [9.17, 15) is 4.79 Å². The number of aliphatic carboxylic acids is 1. The fourth-order valence-corrected chi connectivity index (χ4v) is 1.43. The van der Waals surface area contributed by atoms with Gasteiger partial charge in [0.25, 0.3) is 0 Å². The number of hydrogen-bond acceptors (Lipinski definition) is 3. The molecule has 6 heteroatoms. The van der Waals surface area contributed by atoms with Gasteiger partial charge in [0.2, 0.25) is 0 Å². The van der Waals surface area contributed by atoms with Crippen LogP contribution in [0.2, 0.25) is 5.02 Å². The number of carboxylic acid groups (broad SMARTS) is 1. The fraction of sp³-hybridized carbons (Fsp3) is 0.222. The summed E-state index contributed by atoms with van der Waals surface area (Å²) in [5.41, 5.74) is 1.28. The van der Waals surface area contributed by atoms with Crippen molar-refractivity contribution in [2.45, 2.75) is 12.8 Å². The van der Waals surface area contributed by atoms with E-state index in [1.165, 1.54) is 6.20 Å². The molecule has 0 amide bonds. The number of pyridine rings is 1. The molecule has 2 heterocycles. The van der Waals surface area contributed by atoms with Gasteiger partial charge >= 0.3 is 5.97 Å². The van der Waals surface area contributed by atoms with E-state index in [2.05, 4.69) is 15.0 Å². The Hall–Kier alpha value is -1.62. The maximum Gasteiger partial charge on any atom is 0.303 e. The summed E-state index contributed by atoms with van der Waals surface area (Å²) < 4.78 is 0. The lowest BCUT2D eigenvalue weighted by atomic mass is 10.3. The number of nitrogens with zero attached hydrogens (tertiary/aromatic N) is 2. The van der Waals surface area contributed by atoms with E-state index in [4.69, 9.17) is 16.7 Å². The molecule has 2 aromatic heterocycles. The highest BCUT2D eigenvalue weighted by Gasteiger charge is 2.06. The topological polar surface area (TPSA) is 78.9 Å². The molecular weight excluding hydrogens is 218 g/mol. The maximum atomic E-state index is 10.4. The van der Waals surface area contributed by atoms with Crippen molar-refractivity contribution in [3.63, 3.8) is 0 Å². The van der Waals surface area contributed by atoms with Crippen LogP contribution in [0.1, 0.15) is 12.2 Å². The van der Waals surface area contributed by atoms with E-state index < -0.39 is 5.97 Å². The van der Waals surface area contributed by atoms with Crippen LogP contribution in [0.5, 0.6) is 0 Å². The summed E-state index contributed by atoms with van der Waals surface area (Å²) in [5.74, 6) is -0.233. The number of carboxylic acids is 1. The number of aromatic nitrogens is 3. The van der Waals surface area contributed by atoms with Crippen LogP contribution >= 0.6 is 11.6 Å². The molecule has 0 unspecified atom stereocenters. The summed E-state index contributed by atoms with van der Waals surface area (Å²) in [6.07, 6.45) is 1.92. The number of aromatic amines is 1. The van der Waals surface area contributed by atoms with Gasteiger partial charge in [0.15, 0.2) is 5.65 Å². The fourth-order valence-electron chi connectivity index (χ4n) is 1.27. The first kappa shape index (κ1) is 9.92. The third kappa shape index (κ3) is 2.24. The van der Waals surface area contributed by atoms with E-state index in [1.54, 1.807) is 6.07 Å². The second-order valence-corrected chi connectivity index (χ2v) is 3.54. The lowest BCUT2D eigenvalue weighted by molar-refractivity contribution is -0.137. The van der Waals surface area contributed by atoms with Gasteiger partial charge in [0.1, 0.15) is 5.82 Å². The standard InChI is InChI=1S/C9H8ClN3O2/c10-5-3-6-9(11-4-5)13-7(12-6)1-2-8(14)15/h3-4H,1-2H2,(H,14,15)(H,11,12,13). The lowest BCUT2D eigenvalue weighted by Gasteiger charge is -1.89. The monoisotopic (exact) mass is 225 g/mol. The normalized spacial score (nSPS) is 10.7. The highest BCUT2D eigenvalue weighted by molar-refractivity contribution is 6.30. The first-order valence-electron chi connectivity index (χ1n) is 4.37. The third-order valence-electron chi connectivity index (χ3n) is 1.93. The van der Waals surface area contributed by atoms with Crippen LogP contribution in [-0.2, 0) is 11.2 Å². The van der Waals surface area contributed by atoms with Gasteiger partial charge < -0.3 is 10.1 Å². The molecule has 15 heavy (non-hydrogen) atoms. The van der Waals surface area contributed by atoms with E-state index in [0.29, 0.717) is 22.9 Å². The Bertz CT molecular complexity index is 509. The molecule has 78 valence electrons. The molecule has 5 nitrogen and oxygen atoms in total. The second kappa shape index (κ2) is 3.86. The Morgan fingerprint density at radius 3 is 3.13 bits per heavy atom. The minimum Gasteiger partial charge on any atom is -0.481 e. The zero-order valence-corrected chi connectivity index (χ0v) is 8.45. The van der Waals surface area contributed by atoms with Crippen LogP contribution in [0.15, 0.2) is 12.3 Å². The number of rotatable bonds is 3. The zero-order valence-electron chi connectivity index (χ0n) is 7.70. The van der Waals surface area contributed by atoms with Crippen LogP contribution in [0.25, 0.3) is 11.2 Å². The van der Waals surface area contributed by atoms with Crippen molar-refractivity contribution >= 4 is 28.7 Å². The Morgan fingerprint density at radius 2 is 2.40 bits per heavy atom. The number of H-pyrrole nitrogens is 1. The molecule has 0 aliphatic carbocycles. The van der Waals surface area contributed by atoms with Crippen LogP contribution < -0.4 is 0 Å². The molecule has 0 spiro atoms. The first-order valence-corrected chi connectivity index (χ1v) is 4.75. The lowest BCUT2D eigenvalue weighted by Crippen LogP contribution is -1.98. The van der Waals surface area contributed by atoms with Gasteiger partial charge in [-0.15, -0.1) is 0 Å². The molecule has 0 bridgehead atoms. The molecule has 0 radical (unpaired) electrons. The second-order valence-electron chi connectivity index (χ2n) is 3.10. The van der Waals surface area contributed by atoms with Gasteiger partial charge in [-0.3, -0.25) is 4.79 Å². The van der Waals surface area contributed by atoms with Gasteiger partial charge in [0.05, 0.1) is 17.0 Å². The number of imidazole rings is 1. The Kier molecular flexibility index (Phi) is 2.55. The average molecular weight is 226 g/mol. The molecule has 2 rings (SSSR count). The van der Waals surface area contributed by atoms with Gasteiger partial charge in [-0.05, 0) is 6.07 Å². The quantitative estimate of drug-likeness (QED) is 0.832. The number of hydrogen-bond donors (Lipinski definition) is 2. The van der Waals surface area contributed by atoms with Gasteiger partial charge in [-0.25, -0.2) is 9.97 Å². The molecule has 0 saturated carbocycles. The summed E-state index contributed by atoms with van der Waals surface area (Å²) >= 11 is 5.75. The number of carbonyl (C=O) groups is 1. The van der Waals surface area contributed by atoms with Crippen molar-refractivity contribution in [1.29, 1.82) is 0 Å². The molecule has 0 saturated heterocycles. The molecule has 0 atom stereocenters. The van der Waals surface area contributed by atoms with Crippen molar-refractivity contribution in [2.24, 2.45) is 0 Å². The molecule has 0 aliphatic heterocycles. The van der Waals surface area contributed by atoms with E-state index in [1.807, 2.05) is 0 Å². The van der Waals surface area contributed by atoms with Crippen molar-refractivity contribution in [3.8, 4) is 0 Å². The zero-order chi connectivity index (χ0) is 10.8. The van der Waals surface area contributed by atoms with E-state index >= 15 is 0 Å². The summed E-state index contributed by atoms with van der Waals surface area (Å²) in [7, 11) is 0. The number of aryl methyl sites for hydroxylation is 1. The van der Waals surface area contributed by atoms with E-state index in [0.717, 1.165) is 5.52 Å². The maximum absolute atomic E-state index is 10.4. The van der Waals surface area contributed by atoms with Crippen LogP contribution in [0.4, 0.5) is 0 Å². The molecule has 0 fully saturated rings. The summed E-state index contributed by atoms with van der Waals surface area (Å²) in [5, 5.41) is 9.04. The Labute approximate surface area is 90.1 Å². The van der Waals surface area contributed by atoms with Crippen molar-refractivity contribution in [1.82, 2.24) is 15.0 Å². The van der Waals surface area contributed by atoms with Gasteiger partial charge in [-0.2, -0.15) is 0 Å². The summed E-state index contributed by atoms with van der Waals surface area (Å²) in [4.78, 5) is 21.5. The first-order chi connectivity index (χ1) is 7.15. The highest BCUT2D eigenvalue weighted by atomic mass is 35.5. The number of fused-ring (bicyclic) bond motifs is 1. The third-order valence-corrected chi connectivity index (χ3v) is 2.14. The predicted octanol–water partition coefficient (Wildman–Crippen LogP) is 1.63. The Balaban J connectivity index is 2.27. The number of nitrogens with one attached hydrogen (secondary N) is 1. The SMILES string of the molecule is O=C(O)CCc1nc2ncc(Cl)cc2[nH]1. The molecule has 2 N–H and O–H groups in total. The van der Waals surface area contributed by atoms with Gasteiger partial charge in [-0.1, -0.05) is 11.6 Å². The van der Waals surface area contributed by atoms with Crippen LogP contribution in [0, 0.1) is 0 Å². The van der Waals surface area contributed by atoms with Crippen molar-refractivity contribution < 1.29 is 9.90 Å². The summed E-state index contributed by atoms with van der Waals surface area (Å²) in [6, 6.07) is 1.71. The van der Waals surface area contributed by atoms with E-state index in [-0.39, 0.29) is 6.42 Å². The molecule has 0 aliphatic rings. The molecular formula is C9H8ClN3O2. The Morgan fingerprint density at radius 1 is 1.60 bits per heavy atom. The van der Waals surface area contributed by atoms with Crippen molar-refractivity contribution in [2.75, 3.05) is 0 Å². The van der Waals surface area contributed by atoms with Crippen molar-refractivity contribution in [3.05, 3.63) is 23.1 Å². The smallest absolute Gasteiger partial charge is 0.303 e. The molecule has 2 aromatic rings. The minimum atomic E-state index is -0.846. The highest BCUT2D eigenvalue weighted by Crippen LogP contribution is 2.14. The van der Waals surface area contributed by atoms with Gasteiger partial charge in [0, 0.05) is 12.6 Å². The van der Waals surface area contributed by atoms with Crippen LogP contribution in [-0.4, -0.2) is 26.0 Å². The minimum absolute atomic E-state index is 0.0492.